The van der Waals surface area contributed by atoms with Gasteiger partial charge in [0.05, 0.1) is 18.7 Å². The van der Waals surface area contributed by atoms with Crippen molar-refractivity contribution in [2.24, 2.45) is 0 Å². The van der Waals surface area contributed by atoms with Gasteiger partial charge in [-0.15, -0.1) is 0 Å². The van der Waals surface area contributed by atoms with Crippen LogP contribution in [0.25, 0.3) is 5.76 Å². The largest absolute Gasteiger partial charge is 0.507 e. The zero-order valence-corrected chi connectivity index (χ0v) is 18.6. The highest BCUT2D eigenvalue weighted by molar-refractivity contribution is 6.51. The smallest absolute Gasteiger partial charge is 0.300 e. The Balaban J connectivity index is 1.94. The monoisotopic (exact) mass is 445 g/mol. The molecule has 3 aromatic rings. The molecule has 1 fully saturated rings. The maximum Gasteiger partial charge on any atom is 0.300 e. The molecule has 1 heterocycles. The fourth-order valence-electron chi connectivity index (χ4n) is 4.14. The summed E-state index contributed by atoms with van der Waals surface area (Å²) in [5.41, 5.74) is 2.23. The molecule has 0 saturated carbocycles. The first-order valence-corrected chi connectivity index (χ1v) is 10.6. The van der Waals surface area contributed by atoms with Gasteiger partial charge in [0.25, 0.3) is 11.7 Å². The number of carbonyl (C=O) groups excluding carboxylic acids is 2. The number of ether oxygens (including phenoxy) is 1. The molecular weight excluding hydrogens is 421 g/mol. The van der Waals surface area contributed by atoms with Crippen LogP contribution in [-0.4, -0.2) is 23.9 Å². The van der Waals surface area contributed by atoms with Crippen molar-refractivity contribution in [3.05, 3.63) is 101 Å². The topological polar surface area (TPSA) is 66.8 Å². The number of ketones is 1. The number of rotatable bonds is 5. The van der Waals surface area contributed by atoms with Crippen LogP contribution in [0.2, 0.25) is 0 Å². The molecule has 6 heteroatoms. The van der Waals surface area contributed by atoms with E-state index in [0.29, 0.717) is 22.6 Å². The number of anilines is 1. The van der Waals surface area contributed by atoms with Crippen molar-refractivity contribution in [1.29, 1.82) is 0 Å². The third-order valence-electron chi connectivity index (χ3n) is 5.79. The molecule has 168 valence electrons. The van der Waals surface area contributed by atoms with Crippen LogP contribution in [0.1, 0.15) is 42.5 Å². The lowest BCUT2D eigenvalue weighted by Crippen LogP contribution is -2.29. The van der Waals surface area contributed by atoms with E-state index < -0.39 is 23.5 Å². The molecule has 33 heavy (non-hydrogen) atoms. The predicted molar refractivity (Wildman–Crippen MR) is 125 cm³/mol. The molecule has 1 N–H and O–H groups in total. The van der Waals surface area contributed by atoms with Gasteiger partial charge in [0.15, 0.2) is 0 Å². The molecule has 0 radical (unpaired) electrons. The Morgan fingerprint density at radius 2 is 1.67 bits per heavy atom. The highest BCUT2D eigenvalue weighted by Gasteiger charge is 2.47. The Hall–Kier alpha value is -3.93. The number of benzene rings is 3. The number of nitrogens with zero attached hydrogens (tertiary/aromatic N) is 1. The van der Waals surface area contributed by atoms with Crippen molar-refractivity contribution in [1.82, 2.24) is 0 Å². The molecule has 0 aromatic heterocycles. The average Bonchev–Trinajstić information content (AvgIpc) is 3.09. The van der Waals surface area contributed by atoms with E-state index in [1.54, 1.807) is 55.6 Å². The molecule has 1 amide bonds. The first-order chi connectivity index (χ1) is 15.8. The second kappa shape index (κ2) is 8.90. The van der Waals surface area contributed by atoms with E-state index >= 15 is 0 Å². The van der Waals surface area contributed by atoms with Crippen LogP contribution in [0.5, 0.6) is 5.75 Å². The summed E-state index contributed by atoms with van der Waals surface area (Å²) in [6.07, 6.45) is 0. The maximum absolute atomic E-state index is 13.6. The molecular formula is C27H24FNO4. The molecule has 1 aliphatic heterocycles. The summed E-state index contributed by atoms with van der Waals surface area (Å²) >= 11 is 0. The van der Waals surface area contributed by atoms with E-state index in [4.69, 9.17) is 4.74 Å². The summed E-state index contributed by atoms with van der Waals surface area (Å²) in [5, 5.41) is 11.3. The van der Waals surface area contributed by atoms with Crippen molar-refractivity contribution in [2.75, 3.05) is 12.0 Å². The highest BCUT2D eigenvalue weighted by Crippen LogP contribution is 2.42. The van der Waals surface area contributed by atoms with Gasteiger partial charge in [0.2, 0.25) is 0 Å². The highest BCUT2D eigenvalue weighted by atomic mass is 19.1. The van der Waals surface area contributed by atoms with Crippen molar-refractivity contribution in [2.45, 2.75) is 25.8 Å². The lowest BCUT2D eigenvalue weighted by molar-refractivity contribution is -0.132. The van der Waals surface area contributed by atoms with E-state index in [0.717, 1.165) is 5.56 Å². The normalized spacial score (nSPS) is 17.6. The minimum Gasteiger partial charge on any atom is -0.507 e. The first-order valence-electron chi connectivity index (χ1n) is 10.6. The summed E-state index contributed by atoms with van der Waals surface area (Å²) in [5.74, 6) is -1.51. The number of hydrogen-bond acceptors (Lipinski definition) is 4. The predicted octanol–water partition coefficient (Wildman–Crippen LogP) is 5.58. The molecule has 1 unspecified atom stereocenters. The lowest BCUT2D eigenvalue weighted by Gasteiger charge is -2.25. The fourth-order valence-corrected chi connectivity index (χ4v) is 4.14. The minimum atomic E-state index is -0.905. The third-order valence-corrected chi connectivity index (χ3v) is 5.79. The number of carbonyl (C=O) groups is 2. The summed E-state index contributed by atoms with van der Waals surface area (Å²) in [6.45, 7) is 3.99. The second-order valence-corrected chi connectivity index (χ2v) is 8.17. The molecule has 3 aromatic carbocycles. The standard InChI is InChI=1S/C27H24FNO4/c1-16(2)21-15-18(11-14-22(21)33-3)25(30)23-24(17-9-12-19(28)13-10-17)29(27(32)26(23)31)20-7-5-4-6-8-20/h4-16,24,30H,1-3H3/b25-23-. The summed E-state index contributed by atoms with van der Waals surface area (Å²) in [6, 6.07) is 18.6. The Kier molecular flexibility index (Phi) is 6.01. The van der Waals surface area contributed by atoms with Gasteiger partial charge >= 0.3 is 0 Å². The molecule has 4 rings (SSSR count). The summed E-state index contributed by atoms with van der Waals surface area (Å²) in [4.78, 5) is 27.6. The van der Waals surface area contributed by atoms with Crippen LogP contribution in [0.3, 0.4) is 0 Å². The van der Waals surface area contributed by atoms with Gasteiger partial charge in [-0.25, -0.2) is 4.39 Å². The molecule has 5 nitrogen and oxygen atoms in total. The van der Waals surface area contributed by atoms with Gasteiger partial charge < -0.3 is 9.84 Å². The number of aliphatic hydroxyl groups excluding tert-OH is 1. The first kappa shape index (κ1) is 22.3. The Labute approximate surface area is 191 Å². The zero-order chi connectivity index (χ0) is 23.7. The quantitative estimate of drug-likeness (QED) is 0.316. The molecule has 0 aliphatic carbocycles. The Morgan fingerprint density at radius 3 is 2.27 bits per heavy atom. The van der Waals surface area contributed by atoms with Crippen molar-refractivity contribution in [3.63, 3.8) is 0 Å². The number of para-hydroxylation sites is 1. The van der Waals surface area contributed by atoms with Crippen molar-refractivity contribution < 1.29 is 23.8 Å². The zero-order valence-electron chi connectivity index (χ0n) is 18.6. The summed E-state index contributed by atoms with van der Waals surface area (Å²) in [7, 11) is 1.57. The van der Waals surface area contributed by atoms with Gasteiger partial charge in [-0.2, -0.15) is 0 Å². The SMILES string of the molecule is COc1ccc(/C(O)=C2/C(=O)C(=O)N(c3ccccc3)C2c2ccc(F)cc2)cc1C(C)C. The van der Waals surface area contributed by atoms with Gasteiger partial charge in [-0.3, -0.25) is 14.5 Å². The fraction of sp³-hybridized carbons (Fsp3) is 0.185. The molecule has 1 aliphatic rings. The van der Waals surface area contributed by atoms with Crippen LogP contribution in [0.15, 0.2) is 78.4 Å². The van der Waals surface area contributed by atoms with Crippen LogP contribution < -0.4 is 9.64 Å². The van der Waals surface area contributed by atoms with Gasteiger partial charge in [0, 0.05) is 11.3 Å². The second-order valence-electron chi connectivity index (χ2n) is 8.17. The van der Waals surface area contributed by atoms with Gasteiger partial charge in [-0.05, 0) is 59.5 Å². The van der Waals surface area contributed by atoms with Crippen LogP contribution in [-0.2, 0) is 9.59 Å². The number of amides is 1. The number of methoxy groups -OCH3 is 1. The van der Waals surface area contributed by atoms with Crippen molar-refractivity contribution in [3.8, 4) is 5.75 Å². The summed E-state index contributed by atoms with van der Waals surface area (Å²) < 4.78 is 19.1. The van der Waals surface area contributed by atoms with Crippen LogP contribution in [0, 0.1) is 5.82 Å². The third kappa shape index (κ3) is 4.00. The molecule has 1 atom stereocenters. The van der Waals surface area contributed by atoms with E-state index in [2.05, 4.69) is 0 Å². The Morgan fingerprint density at radius 1 is 1.00 bits per heavy atom. The molecule has 0 bridgehead atoms. The minimum absolute atomic E-state index is 0.0460. The van der Waals surface area contributed by atoms with E-state index in [-0.39, 0.29) is 17.3 Å². The van der Waals surface area contributed by atoms with Gasteiger partial charge in [-0.1, -0.05) is 44.2 Å². The Bertz CT molecular complexity index is 1230. The van der Waals surface area contributed by atoms with Crippen molar-refractivity contribution >= 4 is 23.1 Å². The van der Waals surface area contributed by atoms with E-state index in [1.165, 1.54) is 29.2 Å². The number of Topliss-reactive ketones (excluding diaryl/α,β-unsaturated/α-hetero) is 1. The number of halogens is 1. The average molecular weight is 445 g/mol. The van der Waals surface area contributed by atoms with E-state index in [9.17, 15) is 19.1 Å². The molecule has 1 saturated heterocycles. The molecule has 0 spiro atoms. The van der Waals surface area contributed by atoms with Crippen LogP contribution in [0.4, 0.5) is 10.1 Å². The number of aliphatic hydroxyl groups is 1. The number of hydrogen-bond donors (Lipinski definition) is 1. The van der Waals surface area contributed by atoms with Crippen LogP contribution >= 0.6 is 0 Å². The maximum atomic E-state index is 13.6. The lowest BCUT2D eigenvalue weighted by atomic mass is 9.93. The van der Waals surface area contributed by atoms with E-state index in [1.807, 2.05) is 13.8 Å². The van der Waals surface area contributed by atoms with Gasteiger partial charge in [0.1, 0.15) is 17.3 Å².